The molecular formula is C14H24N4O3S. The monoisotopic (exact) mass is 328 g/mol. The summed E-state index contributed by atoms with van der Waals surface area (Å²) in [6.45, 7) is 4.73. The van der Waals surface area contributed by atoms with Crippen molar-refractivity contribution >= 4 is 10.0 Å². The molecule has 0 aliphatic carbocycles. The van der Waals surface area contributed by atoms with E-state index in [1.807, 2.05) is 17.8 Å². The van der Waals surface area contributed by atoms with Gasteiger partial charge in [0.15, 0.2) is 0 Å². The van der Waals surface area contributed by atoms with Gasteiger partial charge in [-0.05, 0) is 13.0 Å². The Hall–Kier alpha value is -0.960. The number of nitrogens with zero attached hydrogens (tertiary/aromatic N) is 4. The molecule has 0 N–H and O–H groups in total. The fraction of sp³-hybridized carbons (Fsp3) is 0.786. The molecule has 7 nitrogen and oxygen atoms in total. The first-order chi connectivity index (χ1) is 10.4. The zero-order valence-electron chi connectivity index (χ0n) is 13.2. The molecule has 1 aromatic heterocycles. The average molecular weight is 328 g/mol. The fourth-order valence-electron chi connectivity index (χ4n) is 3.40. The first-order valence-electron chi connectivity index (χ1n) is 7.59. The van der Waals surface area contributed by atoms with Gasteiger partial charge in [-0.1, -0.05) is 0 Å². The lowest BCUT2D eigenvalue weighted by Gasteiger charge is -2.30. The summed E-state index contributed by atoms with van der Waals surface area (Å²) in [6, 6.07) is 0. The highest BCUT2D eigenvalue weighted by molar-refractivity contribution is 7.88. The molecule has 1 spiro atoms. The quantitative estimate of drug-likeness (QED) is 0.775. The molecule has 3 rings (SSSR count). The Bertz CT molecular complexity index is 630. The number of likely N-dealkylation sites (tertiary alicyclic amines) is 1. The van der Waals surface area contributed by atoms with E-state index in [9.17, 15) is 8.42 Å². The van der Waals surface area contributed by atoms with E-state index in [1.54, 1.807) is 10.5 Å². The number of ether oxygens (including phenoxy) is 1. The van der Waals surface area contributed by atoms with Gasteiger partial charge in [-0.25, -0.2) is 13.4 Å². The van der Waals surface area contributed by atoms with E-state index in [2.05, 4.69) is 9.88 Å². The van der Waals surface area contributed by atoms with Gasteiger partial charge in [0.1, 0.15) is 5.82 Å². The molecule has 2 aliphatic heterocycles. The van der Waals surface area contributed by atoms with Gasteiger partial charge in [0, 0.05) is 44.5 Å². The molecule has 2 fully saturated rings. The van der Waals surface area contributed by atoms with Crippen molar-refractivity contribution in [2.75, 3.05) is 45.6 Å². The van der Waals surface area contributed by atoms with Crippen LogP contribution in [0.15, 0.2) is 12.4 Å². The molecule has 2 aliphatic rings. The minimum absolute atomic E-state index is 0.0925. The highest BCUT2D eigenvalue weighted by Crippen LogP contribution is 2.34. The molecular weight excluding hydrogens is 304 g/mol. The predicted molar refractivity (Wildman–Crippen MR) is 82.8 cm³/mol. The van der Waals surface area contributed by atoms with E-state index in [4.69, 9.17) is 4.74 Å². The zero-order valence-corrected chi connectivity index (χ0v) is 14.0. The predicted octanol–water partition coefficient (Wildman–Crippen LogP) is -0.0960. The highest BCUT2D eigenvalue weighted by Gasteiger charge is 2.42. The second-order valence-corrected chi connectivity index (χ2v) is 8.55. The van der Waals surface area contributed by atoms with E-state index in [-0.39, 0.29) is 5.41 Å². The van der Waals surface area contributed by atoms with Crippen LogP contribution in [0.4, 0.5) is 0 Å². The number of rotatable bonds is 3. The van der Waals surface area contributed by atoms with Crippen LogP contribution in [0.2, 0.25) is 0 Å². The molecule has 1 aromatic rings. The van der Waals surface area contributed by atoms with Gasteiger partial charge < -0.3 is 9.30 Å². The molecule has 22 heavy (non-hydrogen) atoms. The van der Waals surface area contributed by atoms with Crippen molar-refractivity contribution < 1.29 is 13.2 Å². The summed E-state index contributed by atoms with van der Waals surface area (Å²) in [6.07, 6.45) is 6.00. The van der Waals surface area contributed by atoms with Gasteiger partial charge in [0.05, 0.1) is 26.0 Å². The Labute approximate surface area is 131 Å². The van der Waals surface area contributed by atoms with Crippen LogP contribution in [0.1, 0.15) is 12.2 Å². The van der Waals surface area contributed by atoms with Gasteiger partial charge in [0.2, 0.25) is 10.0 Å². The highest BCUT2D eigenvalue weighted by atomic mass is 32.2. The van der Waals surface area contributed by atoms with Gasteiger partial charge in [-0.3, -0.25) is 4.90 Å². The number of imidazole rings is 1. The maximum atomic E-state index is 11.9. The lowest BCUT2D eigenvalue weighted by atomic mass is 9.88. The molecule has 0 unspecified atom stereocenters. The molecule has 0 bridgehead atoms. The molecule has 0 amide bonds. The number of hydrogen-bond acceptors (Lipinski definition) is 5. The molecule has 8 heteroatoms. The van der Waals surface area contributed by atoms with E-state index in [0.717, 1.165) is 31.9 Å². The van der Waals surface area contributed by atoms with Crippen LogP contribution in [0, 0.1) is 5.41 Å². The van der Waals surface area contributed by atoms with E-state index < -0.39 is 10.0 Å². The second kappa shape index (κ2) is 5.92. The summed E-state index contributed by atoms with van der Waals surface area (Å²) in [7, 11) is -1.17. The zero-order chi connectivity index (χ0) is 15.8. The number of sulfonamides is 1. The van der Waals surface area contributed by atoms with Crippen LogP contribution in [0.3, 0.4) is 0 Å². The summed E-state index contributed by atoms with van der Waals surface area (Å²) in [5, 5.41) is 0. The molecule has 0 saturated carbocycles. The number of hydrogen-bond donors (Lipinski definition) is 0. The average Bonchev–Trinajstić information content (AvgIpc) is 2.93. The summed E-state index contributed by atoms with van der Waals surface area (Å²) in [4.78, 5) is 6.71. The third-order valence-electron chi connectivity index (χ3n) is 4.68. The van der Waals surface area contributed by atoms with Crippen LogP contribution in [0.5, 0.6) is 0 Å². The maximum Gasteiger partial charge on any atom is 0.211 e. The second-order valence-electron chi connectivity index (χ2n) is 6.56. The smallest absolute Gasteiger partial charge is 0.211 e. The Morgan fingerprint density at radius 2 is 2.18 bits per heavy atom. The maximum absolute atomic E-state index is 11.9. The summed E-state index contributed by atoms with van der Waals surface area (Å²) in [5.74, 6) is 1.03. The summed E-state index contributed by atoms with van der Waals surface area (Å²) >= 11 is 0. The van der Waals surface area contributed by atoms with Gasteiger partial charge in [-0.2, -0.15) is 4.31 Å². The lowest BCUT2D eigenvalue weighted by molar-refractivity contribution is 0.0718. The third-order valence-corrected chi connectivity index (χ3v) is 5.93. The first kappa shape index (κ1) is 15.9. The Balaban J connectivity index is 1.70. The van der Waals surface area contributed by atoms with Crippen molar-refractivity contribution in [3.8, 4) is 0 Å². The Morgan fingerprint density at radius 1 is 1.36 bits per heavy atom. The Kier molecular flexibility index (Phi) is 4.28. The van der Waals surface area contributed by atoms with Gasteiger partial charge in [-0.15, -0.1) is 0 Å². The summed E-state index contributed by atoms with van der Waals surface area (Å²) in [5.41, 5.74) is -0.0925. The molecule has 1 atom stereocenters. The van der Waals surface area contributed by atoms with Crippen molar-refractivity contribution in [3.05, 3.63) is 18.2 Å². The minimum atomic E-state index is -3.17. The largest absolute Gasteiger partial charge is 0.379 e. The SMILES string of the molecule is Cn1ccnc1CN1CC[C@@]2(COCCN(S(C)(=O)=O)C2)C1. The minimum Gasteiger partial charge on any atom is -0.379 e. The van der Waals surface area contributed by atoms with E-state index >= 15 is 0 Å². The standard InChI is InChI=1S/C14H24N4O3S/c1-16-6-4-15-13(16)9-17-5-3-14(10-17)11-18(22(2,19)20)7-8-21-12-14/h4,6H,3,5,7-12H2,1-2H3/t14-/m1/s1. The summed E-state index contributed by atoms with van der Waals surface area (Å²) < 4.78 is 33.1. The van der Waals surface area contributed by atoms with Crippen LogP contribution >= 0.6 is 0 Å². The van der Waals surface area contributed by atoms with Crippen molar-refractivity contribution in [3.63, 3.8) is 0 Å². The molecule has 0 aromatic carbocycles. The normalized spacial score (nSPS) is 28.3. The molecule has 124 valence electrons. The lowest BCUT2D eigenvalue weighted by Crippen LogP contribution is -2.42. The fourth-order valence-corrected chi connectivity index (χ4v) is 4.31. The van der Waals surface area contributed by atoms with Gasteiger partial charge >= 0.3 is 0 Å². The van der Waals surface area contributed by atoms with Gasteiger partial charge in [0.25, 0.3) is 0 Å². The number of aromatic nitrogens is 2. The molecule has 0 radical (unpaired) electrons. The molecule has 2 saturated heterocycles. The van der Waals surface area contributed by atoms with Crippen LogP contribution in [0.25, 0.3) is 0 Å². The first-order valence-corrected chi connectivity index (χ1v) is 9.44. The molecule has 3 heterocycles. The van der Waals surface area contributed by atoms with Crippen LogP contribution in [-0.2, 0) is 28.4 Å². The van der Waals surface area contributed by atoms with Crippen molar-refractivity contribution in [2.45, 2.75) is 13.0 Å². The van der Waals surface area contributed by atoms with Crippen molar-refractivity contribution in [1.82, 2.24) is 18.8 Å². The van der Waals surface area contributed by atoms with E-state index in [0.29, 0.717) is 26.3 Å². The third kappa shape index (κ3) is 3.34. The number of aryl methyl sites for hydroxylation is 1. The van der Waals surface area contributed by atoms with Crippen molar-refractivity contribution in [2.24, 2.45) is 12.5 Å². The van der Waals surface area contributed by atoms with Crippen molar-refractivity contribution in [1.29, 1.82) is 0 Å². The van der Waals surface area contributed by atoms with E-state index in [1.165, 1.54) is 6.26 Å². The Morgan fingerprint density at radius 3 is 2.86 bits per heavy atom. The van der Waals surface area contributed by atoms with Crippen LogP contribution in [-0.4, -0.2) is 72.8 Å². The van der Waals surface area contributed by atoms with Crippen LogP contribution < -0.4 is 0 Å². The topological polar surface area (TPSA) is 67.7 Å².